The molecule has 7 nitrogen and oxygen atoms in total. The summed E-state index contributed by atoms with van der Waals surface area (Å²) < 4.78 is 1.54. The van der Waals surface area contributed by atoms with E-state index < -0.39 is 0 Å². The van der Waals surface area contributed by atoms with Crippen LogP contribution in [-0.4, -0.2) is 31.9 Å². The summed E-state index contributed by atoms with van der Waals surface area (Å²) in [6.07, 6.45) is 0.315. The summed E-state index contributed by atoms with van der Waals surface area (Å²) >= 11 is 7.30. The van der Waals surface area contributed by atoms with E-state index in [4.69, 9.17) is 16.9 Å². The van der Waals surface area contributed by atoms with Gasteiger partial charge in [-0.3, -0.25) is 4.79 Å². The minimum absolute atomic E-state index is 0.140. The number of carbonyl (C=O) groups excluding carboxylic acids is 1. The third-order valence-corrected chi connectivity index (χ3v) is 3.84. The van der Waals surface area contributed by atoms with Crippen LogP contribution in [0.4, 0.5) is 5.69 Å². The summed E-state index contributed by atoms with van der Waals surface area (Å²) in [6.45, 7) is 0. The quantitative estimate of drug-likeness (QED) is 0.844. The topological polar surface area (TPSA) is 96.5 Å². The summed E-state index contributed by atoms with van der Waals surface area (Å²) in [5.41, 5.74) is 0.939. The van der Waals surface area contributed by atoms with Gasteiger partial charge in [0.2, 0.25) is 11.1 Å². The number of halogens is 1. The Hall–Kier alpha value is -2.11. The lowest BCUT2D eigenvalue weighted by molar-refractivity contribution is -0.115. The maximum atomic E-state index is 11.8. The number of rotatable bonds is 5. The number of hydrogen-bond donors (Lipinski definition) is 1. The average Bonchev–Trinajstić information content (AvgIpc) is 2.85. The Labute approximate surface area is 130 Å². The van der Waals surface area contributed by atoms with Gasteiger partial charge in [-0.15, -0.1) is 5.10 Å². The average molecular weight is 323 g/mol. The Morgan fingerprint density at radius 1 is 1.57 bits per heavy atom. The first-order valence-corrected chi connectivity index (χ1v) is 7.31. The lowest BCUT2D eigenvalue weighted by Gasteiger charge is -2.06. The molecule has 1 amide bonds. The number of aromatic nitrogens is 4. The Morgan fingerprint density at radius 2 is 2.38 bits per heavy atom. The standard InChI is InChI=1S/C12H11ClN6OS/c1-19-12(16-17-18-19)21-5-4-11(20)15-9-3-2-8(7-14)10(13)6-9/h2-3,6H,4-5H2,1H3,(H,15,20). The second-order valence-electron chi connectivity index (χ2n) is 4.04. The SMILES string of the molecule is Cn1nnnc1SCCC(=O)Nc1ccc(C#N)c(Cl)c1. The normalized spacial score (nSPS) is 10.1. The van der Waals surface area contributed by atoms with Crippen LogP contribution < -0.4 is 5.32 Å². The van der Waals surface area contributed by atoms with Crippen LogP contribution in [-0.2, 0) is 11.8 Å². The van der Waals surface area contributed by atoms with E-state index in [-0.39, 0.29) is 5.91 Å². The predicted octanol–water partition coefficient (Wildman–Crippen LogP) is 1.86. The molecule has 0 unspecified atom stereocenters. The fourth-order valence-electron chi connectivity index (χ4n) is 1.49. The largest absolute Gasteiger partial charge is 0.326 e. The molecule has 0 aliphatic heterocycles. The Morgan fingerprint density at radius 3 is 3.00 bits per heavy atom. The predicted molar refractivity (Wildman–Crippen MR) is 78.9 cm³/mol. The number of tetrazole rings is 1. The van der Waals surface area contributed by atoms with Crippen molar-refractivity contribution in [2.45, 2.75) is 11.6 Å². The number of aryl methyl sites for hydroxylation is 1. The van der Waals surface area contributed by atoms with Crippen LogP contribution in [0.5, 0.6) is 0 Å². The molecule has 0 spiro atoms. The van der Waals surface area contributed by atoms with Crippen LogP contribution in [0.2, 0.25) is 5.02 Å². The summed E-state index contributed by atoms with van der Waals surface area (Å²) in [6, 6.07) is 6.72. The van der Waals surface area contributed by atoms with Gasteiger partial charge in [0, 0.05) is 24.9 Å². The highest BCUT2D eigenvalue weighted by Crippen LogP contribution is 2.20. The molecule has 0 radical (unpaired) electrons. The van der Waals surface area contributed by atoms with Crippen molar-refractivity contribution < 1.29 is 4.79 Å². The smallest absolute Gasteiger partial charge is 0.225 e. The van der Waals surface area contributed by atoms with Gasteiger partial charge in [0.1, 0.15) is 6.07 Å². The van der Waals surface area contributed by atoms with Crippen molar-refractivity contribution in [3.8, 4) is 6.07 Å². The van der Waals surface area contributed by atoms with Gasteiger partial charge in [-0.1, -0.05) is 23.4 Å². The van der Waals surface area contributed by atoms with Gasteiger partial charge in [0.05, 0.1) is 10.6 Å². The highest BCUT2D eigenvalue weighted by atomic mass is 35.5. The molecule has 0 saturated carbocycles. The van der Waals surface area contributed by atoms with E-state index in [1.807, 2.05) is 6.07 Å². The van der Waals surface area contributed by atoms with Gasteiger partial charge in [0.15, 0.2) is 0 Å². The number of thioether (sulfide) groups is 1. The number of anilines is 1. The van der Waals surface area contributed by atoms with Crippen LogP contribution >= 0.6 is 23.4 Å². The molecule has 9 heteroatoms. The van der Waals surface area contributed by atoms with Gasteiger partial charge in [-0.05, 0) is 28.6 Å². The number of amides is 1. The Balaban J connectivity index is 1.83. The van der Waals surface area contributed by atoms with Crippen LogP contribution in [0.1, 0.15) is 12.0 Å². The zero-order valence-corrected chi connectivity index (χ0v) is 12.6. The van der Waals surface area contributed by atoms with E-state index in [1.54, 1.807) is 29.9 Å². The number of nitrogens with one attached hydrogen (secondary N) is 1. The van der Waals surface area contributed by atoms with Gasteiger partial charge in [0.25, 0.3) is 0 Å². The van der Waals surface area contributed by atoms with E-state index in [1.165, 1.54) is 11.8 Å². The summed E-state index contributed by atoms with van der Waals surface area (Å²) in [5, 5.41) is 23.5. The summed E-state index contributed by atoms with van der Waals surface area (Å²) in [5.74, 6) is 0.419. The molecule has 0 bridgehead atoms. The molecule has 21 heavy (non-hydrogen) atoms. The van der Waals surface area contributed by atoms with Gasteiger partial charge >= 0.3 is 0 Å². The number of carbonyl (C=O) groups is 1. The molecule has 1 N–H and O–H groups in total. The van der Waals surface area contributed by atoms with Gasteiger partial charge in [-0.25, -0.2) is 4.68 Å². The first-order chi connectivity index (χ1) is 10.1. The monoisotopic (exact) mass is 322 g/mol. The van der Waals surface area contributed by atoms with Crippen LogP contribution in [0.25, 0.3) is 0 Å². The van der Waals surface area contributed by atoms with Crippen molar-refractivity contribution in [1.82, 2.24) is 20.2 Å². The number of benzene rings is 1. The van der Waals surface area contributed by atoms with Crippen LogP contribution in [0.15, 0.2) is 23.4 Å². The minimum Gasteiger partial charge on any atom is -0.326 e. The fraction of sp³-hybridized carbons (Fsp3) is 0.250. The van der Waals surface area contributed by atoms with E-state index in [9.17, 15) is 4.79 Å². The summed E-state index contributed by atoms with van der Waals surface area (Å²) in [4.78, 5) is 11.8. The van der Waals surface area contributed by atoms with Crippen molar-refractivity contribution in [3.63, 3.8) is 0 Å². The molecule has 0 fully saturated rings. The second-order valence-corrected chi connectivity index (χ2v) is 5.51. The Kier molecular flexibility index (Phi) is 5.14. The van der Waals surface area contributed by atoms with Crippen molar-refractivity contribution in [2.24, 2.45) is 7.05 Å². The number of nitrogens with zero attached hydrogens (tertiary/aromatic N) is 5. The van der Waals surface area contributed by atoms with E-state index in [0.717, 1.165) is 0 Å². The second kappa shape index (κ2) is 7.06. The van der Waals surface area contributed by atoms with Gasteiger partial charge in [-0.2, -0.15) is 5.26 Å². The molecule has 1 heterocycles. The highest BCUT2D eigenvalue weighted by Gasteiger charge is 2.07. The van der Waals surface area contributed by atoms with Crippen LogP contribution in [0.3, 0.4) is 0 Å². The van der Waals surface area contributed by atoms with Crippen molar-refractivity contribution in [3.05, 3.63) is 28.8 Å². The van der Waals surface area contributed by atoms with E-state index in [2.05, 4.69) is 20.8 Å². The molecule has 0 saturated heterocycles. The van der Waals surface area contributed by atoms with E-state index in [0.29, 0.717) is 33.6 Å². The first-order valence-electron chi connectivity index (χ1n) is 5.95. The Bertz CT molecular complexity index is 695. The maximum absolute atomic E-state index is 11.8. The lowest BCUT2D eigenvalue weighted by atomic mass is 10.2. The van der Waals surface area contributed by atoms with Crippen molar-refractivity contribution in [1.29, 1.82) is 5.26 Å². The first kappa shape index (κ1) is 15.3. The molecule has 2 rings (SSSR count). The zero-order chi connectivity index (χ0) is 15.2. The van der Waals surface area contributed by atoms with Crippen LogP contribution in [0, 0.1) is 11.3 Å². The molecule has 2 aromatic rings. The van der Waals surface area contributed by atoms with Crippen molar-refractivity contribution in [2.75, 3.05) is 11.1 Å². The molecular weight excluding hydrogens is 312 g/mol. The molecule has 1 aromatic carbocycles. The molecule has 0 atom stereocenters. The third-order valence-electron chi connectivity index (χ3n) is 2.51. The molecule has 0 aliphatic rings. The molecule has 0 aliphatic carbocycles. The lowest BCUT2D eigenvalue weighted by Crippen LogP contribution is -2.12. The number of hydrogen-bond acceptors (Lipinski definition) is 6. The van der Waals surface area contributed by atoms with Crippen molar-refractivity contribution >= 4 is 35.0 Å². The maximum Gasteiger partial charge on any atom is 0.225 e. The number of nitriles is 1. The summed E-state index contributed by atoms with van der Waals surface area (Å²) in [7, 11) is 1.74. The van der Waals surface area contributed by atoms with Gasteiger partial charge < -0.3 is 5.32 Å². The molecule has 1 aromatic heterocycles. The zero-order valence-electron chi connectivity index (χ0n) is 11.1. The highest BCUT2D eigenvalue weighted by molar-refractivity contribution is 7.99. The van der Waals surface area contributed by atoms with E-state index >= 15 is 0 Å². The molecular formula is C12H11ClN6OS. The molecule has 108 valence electrons. The fourth-order valence-corrected chi connectivity index (χ4v) is 2.50. The third kappa shape index (κ3) is 4.18. The minimum atomic E-state index is -0.140.